The molecule has 0 unspecified atom stereocenters. The van der Waals surface area contributed by atoms with Crippen LogP contribution in [0.5, 0.6) is 0 Å². The number of rotatable bonds is 3. The van der Waals surface area contributed by atoms with E-state index in [2.05, 4.69) is 20.6 Å². The molecule has 0 radical (unpaired) electrons. The largest absolute Gasteiger partial charge is 0.348 e. The van der Waals surface area contributed by atoms with Crippen LogP contribution < -0.4 is 10.6 Å². The second-order valence-corrected chi connectivity index (χ2v) is 2.65. The number of aromatic amines is 1. The fraction of sp³-hybridized carbons (Fsp3) is 0.375. The van der Waals surface area contributed by atoms with Crippen LogP contribution in [0.3, 0.4) is 0 Å². The van der Waals surface area contributed by atoms with Crippen LogP contribution in [0.1, 0.15) is 13.3 Å². The molecule has 0 atom stereocenters. The lowest BCUT2D eigenvalue weighted by molar-refractivity contribution is -0.136. The Hall–Kier alpha value is -1.85. The van der Waals surface area contributed by atoms with Gasteiger partial charge in [0.25, 0.3) is 0 Å². The summed E-state index contributed by atoms with van der Waals surface area (Å²) in [5, 5.41) is 4.76. The lowest BCUT2D eigenvalue weighted by atomic mass is 10.4. The molecule has 0 aliphatic rings. The van der Waals surface area contributed by atoms with Crippen LogP contribution in [0.15, 0.2) is 12.4 Å². The molecule has 1 rings (SSSR count). The molecular formula is C8H12N4O2. The van der Waals surface area contributed by atoms with Gasteiger partial charge < -0.3 is 10.3 Å². The van der Waals surface area contributed by atoms with Crippen LogP contribution in [0, 0.1) is 0 Å². The molecule has 1 aromatic rings. The first kappa shape index (κ1) is 10.2. The zero-order valence-corrected chi connectivity index (χ0v) is 7.83. The van der Waals surface area contributed by atoms with Crippen molar-refractivity contribution in [2.75, 3.05) is 11.9 Å². The third-order valence-corrected chi connectivity index (χ3v) is 1.47. The van der Waals surface area contributed by atoms with Crippen LogP contribution in [0.2, 0.25) is 0 Å². The Morgan fingerprint density at radius 1 is 1.50 bits per heavy atom. The van der Waals surface area contributed by atoms with Gasteiger partial charge in [-0.25, -0.2) is 4.98 Å². The Balaban J connectivity index is 2.38. The normalized spacial score (nSPS) is 9.50. The van der Waals surface area contributed by atoms with Crippen LogP contribution >= 0.6 is 0 Å². The van der Waals surface area contributed by atoms with Crippen molar-refractivity contribution in [2.24, 2.45) is 0 Å². The van der Waals surface area contributed by atoms with E-state index < -0.39 is 11.8 Å². The molecule has 0 aliphatic carbocycles. The average molecular weight is 196 g/mol. The molecule has 6 nitrogen and oxygen atoms in total. The van der Waals surface area contributed by atoms with E-state index in [0.717, 1.165) is 6.42 Å². The van der Waals surface area contributed by atoms with E-state index in [1.54, 1.807) is 6.20 Å². The SMILES string of the molecule is CCCNC(=O)C(=O)Nc1ncc[nH]1. The molecule has 0 spiro atoms. The van der Waals surface area contributed by atoms with E-state index >= 15 is 0 Å². The molecule has 0 bridgehead atoms. The summed E-state index contributed by atoms with van der Waals surface area (Å²) in [7, 11) is 0. The van der Waals surface area contributed by atoms with Gasteiger partial charge in [-0.2, -0.15) is 0 Å². The molecule has 76 valence electrons. The highest BCUT2D eigenvalue weighted by atomic mass is 16.2. The maximum atomic E-state index is 11.1. The van der Waals surface area contributed by atoms with Gasteiger partial charge in [0.2, 0.25) is 5.95 Å². The van der Waals surface area contributed by atoms with Crippen molar-refractivity contribution in [1.29, 1.82) is 0 Å². The highest BCUT2D eigenvalue weighted by molar-refractivity contribution is 6.39. The van der Waals surface area contributed by atoms with Crippen molar-refractivity contribution in [3.05, 3.63) is 12.4 Å². The van der Waals surface area contributed by atoms with Gasteiger partial charge in [0.05, 0.1) is 0 Å². The smallest absolute Gasteiger partial charge is 0.315 e. The van der Waals surface area contributed by atoms with Crippen molar-refractivity contribution < 1.29 is 9.59 Å². The van der Waals surface area contributed by atoms with Gasteiger partial charge in [-0.3, -0.25) is 14.9 Å². The molecular weight excluding hydrogens is 184 g/mol. The van der Waals surface area contributed by atoms with E-state index in [4.69, 9.17) is 0 Å². The Labute approximate surface area is 81.1 Å². The molecule has 0 aromatic carbocycles. The monoisotopic (exact) mass is 196 g/mol. The summed E-state index contributed by atoms with van der Waals surface area (Å²) in [6.07, 6.45) is 3.83. The first-order chi connectivity index (χ1) is 6.74. The fourth-order valence-electron chi connectivity index (χ4n) is 0.817. The molecule has 0 saturated carbocycles. The predicted octanol–water partition coefficient (Wildman–Crippen LogP) is -0.126. The number of anilines is 1. The second kappa shape index (κ2) is 5.00. The highest BCUT2D eigenvalue weighted by Gasteiger charge is 2.12. The number of carbonyl (C=O) groups excluding carboxylic acids is 2. The lowest BCUT2D eigenvalue weighted by Crippen LogP contribution is -2.35. The van der Waals surface area contributed by atoms with Gasteiger partial charge in [-0.15, -0.1) is 0 Å². The molecule has 0 fully saturated rings. The number of nitrogens with one attached hydrogen (secondary N) is 3. The van der Waals surface area contributed by atoms with Gasteiger partial charge in [0.15, 0.2) is 0 Å². The first-order valence-corrected chi connectivity index (χ1v) is 4.32. The summed E-state index contributed by atoms with van der Waals surface area (Å²) in [5.74, 6) is -1.10. The van der Waals surface area contributed by atoms with Gasteiger partial charge in [-0.1, -0.05) is 6.92 Å². The number of imidazole rings is 1. The molecule has 0 aliphatic heterocycles. The molecule has 6 heteroatoms. The standard InChI is InChI=1S/C8H12N4O2/c1-2-3-9-6(13)7(14)12-8-10-4-5-11-8/h4-5H,2-3H2,1H3,(H,9,13)(H2,10,11,12,14). The number of carbonyl (C=O) groups is 2. The van der Waals surface area contributed by atoms with Crippen LogP contribution in [0.4, 0.5) is 5.95 Å². The lowest BCUT2D eigenvalue weighted by Gasteiger charge is -2.02. The first-order valence-electron chi connectivity index (χ1n) is 4.32. The number of amides is 2. The molecule has 2 amide bonds. The van der Waals surface area contributed by atoms with Crippen molar-refractivity contribution in [3.8, 4) is 0 Å². The zero-order chi connectivity index (χ0) is 10.4. The number of hydrogen-bond acceptors (Lipinski definition) is 3. The average Bonchev–Trinajstić information content (AvgIpc) is 2.66. The molecule has 1 heterocycles. The molecule has 1 aromatic heterocycles. The van der Waals surface area contributed by atoms with Crippen LogP contribution in [0.25, 0.3) is 0 Å². The third-order valence-electron chi connectivity index (χ3n) is 1.47. The van der Waals surface area contributed by atoms with E-state index in [1.807, 2.05) is 6.92 Å². The summed E-state index contributed by atoms with van der Waals surface area (Å²) in [4.78, 5) is 28.6. The number of hydrogen-bond donors (Lipinski definition) is 3. The summed E-state index contributed by atoms with van der Waals surface area (Å²) in [6, 6.07) is 0. The van der Waals surface area contributed by atoms with E-state index in [9.17, 15) is 9.59 Å². The van der Waals surface area contributed by atoms with E-state index in [0.29, 0.717) is 6.54 Å². The summed E-state index contributed by atoms with van der Waals surface area (Å²) >= 11 is 0. The van der Waals surface area contributed by atoms with Crippen LogP contribution in [-0.4, -0.2) is 28.3 Å². The molecule has 0 saturated heterocycles. The van der Waals surface area contributed by atoms with E-state index in [-0.39, 0.29) is 5.95 Å². The predicted molar refractivity (Wildman–Crippen MR) is 50.5 cm³/mol. The summed E-state index contributed by atoms with van der Waals surface area (Å²) in [5.41, 5.74) is 0. The summed E-state index contributed by atoms with van der Waals surface area (Å²) < 4.78 is 0. The molecule has 3 N–H and O–H groups in total. The minimum absolute atomic E-state index is 0.265. The van der Waals surface area contributed by atoms with Crippen molar-refractivity contribution >= 4 is 17.8 Å². The Bertz CT molecular complexity index is 307. The maximum Gasteiger partial charge on any atom is 0.315 e. The number of H-pyrrole nitrogens is 1. The minimum atomic E-state index is -0.714. The Kier molecular flexibility index (Phi) is 3.66. The quantitative estimate of drug-likeness (QED) is 0.589. The molecule has 14 heavy (non-hydrogen) atoms. The van der Waals surface area contributed by atoms with Gasteiger partial charge in [-0.05, 0) is 6.42 Å². The third kappa shape index (κ3) is 2.89. The van der Waals surface area contributed by atoms with Crippen molar-refractivity contribution in [1.82, 2.24) is 15.3 Å². The number of nitrogens with zero attached hydrogens (tertiary/aromatic N) is 1. The Morgan fingerprint density at radius 2 is 2.29 bits per heavy atom. The number of aromatic nitrogens is 2. The van der Waals surface area contributed by atoms with E-state index in [1.165, 1.54) is 6.20 Å². The highest BCUT2D eigenvalue weighted by Crippen LogP contribution is 1.93. The van der Waals surface area contributed by atoms with Crippen molar-refractivity contribution in [3.63, 3.8) is 0 Å². The zero-order valence-electron chi connectivity index (χ0n) is 7.83. The Morgan fingerprint density at radius 3 is 2.86 bits per heavy atom. The van der Waals surface area contributed by atoms with Gasteiger partial charge in [0.1, 0.15) is 0 Å². The minimum Gasteiger partial charge on any atom is -0.348 e. The van der Waals surface area contributed by atoms with Crippen molar-refractivity contribution in [2.45, 2.75) is 13.3 Å². The fourth-order valence-corrected chi connectivity index (χ4v) is 0.817. The van der Waals surface area contributed by atoms with Gasteiger partial charge in [0, 0.05) is 18.9 Å². The van der Waals surface area contributed by atoms with Crippen LogP contribution in [-0.2, 0) is 9.59 Å². The topological polar surface area (TPSA) is 86.9 Å². The maximum absolute atomic E-state index is 11.1. The second-order valence-electron chi connectivity index (χ2n) is 2.65. The van der Waals surface area contributed by atoms with Gasteiger partial charge >= 0.3 is 11.8 Å². The summed E-state index contributed by atoms with van der Waals surface area (Å²) in [6.45, 7) is 2.40.